The van der Waals surface area contributed by atoms with E-state index in [0.29, 0.717) is 17.3 Å². The molecule has 0 radical (unpaired) electrons. The molecule has 0 saturated carbocycles. The second kappa shape index (κ2) is 6.28. The molecule has 0 amide bonds. The third-order valence-corrected chi connectivity index (χ3v) is 4.56. The van der Waals surface area contributed by atoms with Crippen molar-refractivity contribution < 1.29 is 9.90 Å². The van der Waals surface area contributed by atoms with Gasteiger partial charge in [0.25, 0.3) is 0 Å². The van der Waals surface area contributed by atoms with E-state index in [9.17, 15) is 9.90 Å². The van der Waals surface area contributed by atoms with Gasteiger partial charge in [-0.15, -0.1) is 0 Å². The standard InChI is InChI=1S/C16H20ClN3O2/c1-18-4-6-19(7-5-18)8-9-20-14-11-13(17)3-2-12(14)10-15(20)16(21)22/h2-3,10-11H,4-9H2,1H3,(H,21,22). The molecule has 1 aliphatic rings. The summed E-state index contributed by atoms with van der Waals surface area (Å²) in [6, 6.07) is 7.22. The van der Waals surface area contributed by atoms with Crippen LogP contribution in [0, 0.1) is 0 Å². The summed E-state index contributed by atoms with van der Waals surface area (Å²) >= 11 is 6.07. The molecule has 0 spiro atoms. The van der Waals surface area contributed by atoms with Crippen molar-refractivity contribution in [1.29, 1.82) is 0 Å². The van der Waals surface area contributed by atoms with E-state index in [-0.39, 0.29) is 0 Å². The number of nitrogens with zero attached hydrogens (tertiary/aromatic N) is 3. The predicted octanol–water partition coefficient (Wildman–Crippen LogP) is 2.24. The predicted molar refractivity (Wildman–Crippen MR) is 87.8 cm³/mol. The van der Waals surface area contributed by atoms with E-state index >= 15 is 0 Å². The second-order valence-electron chi connectivity index (χ2n) is 5.83. The number of carboxylic acids is 1. The van der Waals surface area contributed by atoms with Crippen LogP contribution in [0.3, 0.4) is 0 Å². The van der Waals surface area contributed by atoms with E-state index in [1.807, 2.05) is 16.7 Å². The van der Waals surface area contributed by atoms with Gasteiger partial charge < -0.3 is 14.6 Å². The Balaban J connectivity index is 1.83. The first kappa shape index (κ1) is 15.3. The topological polar surface area (TPSA) is 48.7 Å². The summed E-state index contributed by atoms with van der Waals surface area (Å²) < 4.78 is 1.86. The molecule has 0 unspecified atom stereocenters. The molecule has 3 rings (SSSR count). The monoisotopic (exact) mass is 321 g/mol. The number of carboxylic acid groups (broad SMARTS) is 1. The van der Waals surface area contributed by atoms with Gasteiger partial charge in [0.2, 0.25) is 0 Å². The molecule has 0 atom stereocenters. The molecule has 118 valence electrons. The minimum atomic E-state index is -0.898. The summed E-state index contributed by atoms with van der Waals surface area (Å²) in [6.45, 7) is 5.69. The summed E-state index contributed by atoms with van der Waals surface area (Å²) in [5.41, 5.74) is 1.21. The summed E-state index contributed by atoms with van der Waals surface area (Å²) in [6.07, 6.45) is 0. The number of likely N-dealkylation sites (N-methyl/N-ethyl adjacent to an activating group) is 1. The molecule has 1 aromatic heterocycles. The lowest BCUT2D eigenvalue weighted by Crippen LogP contribution is -2.45. The number of halogens is 1. The molecule has 1 fully saturated rings. The van der Waals surface area contributed by atoms with E-state index in [1.165, 1.54) is 0 Å². The zero-order valence-corrected chi connectivity index (χ0v) is 13.4. The van der Waals surface area contributed by atoms with Gasteiger partial charge in [-0.1, -0.05) is 17.7 Å². The summed E-state index contributed by atoms with van der Waals surface area (Å²) in [4.78, 5) is 16.2. The van der Waals surface area contributed by atoms with Crippen LogP contribution < -0.4 is 0 Å². The number of aromatic carboxylic acids is 1. The zero-order chi connectivity index (χ0) is 15.7. The minimum Gasteiger partial charge on any atom is -0.477 e. The number of rotatable bonds is 4. The number of piperazine rings is 1. The number of aromatic nitrogens is 1. The van der Waals surface area contributed by atoms with Crippen LogP contribution in [0.4, 0.5) is 0 Å². The third kappa shape index (κ3) is 3.11. The smallest absolute Gasteiger partial charge is 0.352 e. The minimum absolute atomic E-state index is 0.325. The van der Waals surface area contributed by atoms with Crippen molar-refractivity contribution in [2.45, 2.75) is 6.54 Å². The highest BCUT2D eigenvalue weighted by Crippen LogP contribution is 2.24. The summed E-state index contributed by atoms with van der Waals surface area (Å²) in [7, 11) is 2.13. The van der Waals surface area contributed by atoms with Gasteiger partial charge in [0, 0.05) is 49.7 Å². The van der Waals surface area contributed by atoms with Crippen LogP contribution in [0.5, 0.6) is 0 Å². The van der Waals surface area contributed by atoms with Crippen molar-refractivity contribution in [2.24, 2.45) is 0 Å². The Kier molecular flexibility index (Phi) is 4.38. The SMILES string of the molecule is CN1CCN(CCn2c(C(=O)O)cc3ccc(Cl)cc32)CC1. The average Bonchev–Trinajstić information content (AvgIpc) is 2.85. The Labute approximate surface area is 134 Å². The highest BCUT2D eigenvalue weighted by molar-refractivity contribution is 6.31. The highest BCUT2D eigenvalue weighted by atomic mass is 35.5. The molecule has 5 nitrogen and oxygen atoms in total. The lowest BCUT2D eigenvalue weighted by Gasteiger charge is -2.32. The first-order valence-electron chi connectivity index (χ1n) is 7.47. The largest absolute Gasteiger partial charge is 0.477 e. The van der Waals surface area contributed by atoms with E-state index in [4.69, 9.17) is 11.6 Å². The van der Waals surface area contributed by atoms with Crippen molar-refractivity contribution >= 4 is 28.5 Å². The quantitative estimate of drug-likeness (QED) is 0.938. The Morgan fingerprint density at radius 2 is 1.91 bits per heavy atom. The first-order chi connectivity index (χ1) is 10.5. The third-order valence-electron chi connectivity index (χ3n) is 4.32. The lowest BCUT2D eigenvalue weighted by molar-refractivity contribution is 0.0684. The van der Waals surface area contributed by atoms with Crippen molar-refractivity contribution in [3.05, 3.63) is 35.0 Å². The van der Waals surface area contributed by atoms with E-state index in [0.717, 1.165) is 43.6 Å². The molecule has 2 heterocycles. The fraction of sp³-hybridized carbons (Fsp3) is 0.438. The van der Waals surface area contributed by atoms with E-state index in [2.05, 4.69) is 16.8 Å². The molecular weight excluding hydrogens is 302 g/mol. The number of hydrogen-bond acceptors (Lipinski definition) is 3. The van der Waals surface area contributed by atoms with Gasteiger partial charge in [0.15, 0.2) is 0 Å². The Morgan fingerprint density at radius 3 is 2.59 bits per heavy atom. The molecule has 1 aliphatic heterocycles. The fourth-order valence-corrected chi connectivity index (χ4v) is 3.12. The van der Waals surface area contributed by atoms with Gasteiger partial charge in [-0.05, 0) is 25.2 Å². The summed E-state index contributed by atoms with van der Waals surface area (Å²) in [5.74, 6) is -0.898. The van der Waals surface area contributed by atoms with Gasteiger partial charge in [-0.25, -0.2) is 4.79 Å². The maximum absolute atomic E-state index is 11.5. The maximum Gasteiger partial charge on any atom is 0.352 e. The zero-order valence-electron chi connectivity index (χ0n) is 12.6. The number of carbonyl (C=O) groups is 1. The Morgan fingerprint density at radius 1 is 1.18 bits per heavy atom. The first-order valence-corrected chi connectivity index (χ1v) is 7.85. The van der Waals surface area contributed by atoms with Crippen molar-refractivity contribution in [3.8, 4) is 0 Å². The van der Waals surface area contributed by atoms with Crippen LogP contribution in [-0.2, 0) is 6.54 Å². The maximum atomic E-state index is 11.5. The Hall–Kier alpha value is -1.56. The van der Waals surface area contributed by atoms with Crippen LogP contribution in [0.2, 0.25) is 5.02 Å². The van der Waals surface area contributed by atoms with Gasteiger partial charge in [-0.3, -0.25) is 4.90 Å². The number of benzene rings is 1. The highest BCUT2D eigenvalue weighted by Gasteiger charge is 2.17. The van der Waals surface area contributed by atoms with Crippen molar-refractivity contribution in [2.75, 3.05) is 39.8 Å². The molecule has 0 bridgehead atoms. The second-order valence-corrected chi connectivity index (χ2v) is 6.27. The lowest BCUT2D eigenvalue weighted by atomic mass is 10.2. The normalized spacial score (nSPS) is 17.2. The number of hydrogen-bond donors (Lipinski definition) is 1. The van der Waals surface area contributed by atoms with Crippen LogP contribution in [0.15, 0.2) is 24.3 Å². The van der Waals surface area contributed by atoms with Crippen LogP contribution >= 0.6 is 11.6 Å². The molecule has 6 heteroatoms. The average molecular weight is 322 g/mol. The Bertz CT molecular complexity index is 690. The van der Waals surface area contributed by atoms with Crippen molar-refractivity contribution in [3.63, 3.8) is 0 Å². The van der Waals surface area contributed by atoms with Crippen LogP contribution in [0.1, 0.15) is 10.5 Å². The molecule has 1 saturated heterocycles. The summed E-state index contributed by atoms with van der Waals surface area (Å²) in [5, 5.41) is 11.0. The molecule has 1 aromatic carbocycles. The number of fused-ring (bicyclic) bond motifs is 1. The van der Waals surface area contributed by atoms with Gasteiger partial charge >= 0.3 is 5.97 Å². The fourth-order valence-electron chi connectivity index (χ4n) is 2.96. The van der Waals surface area contributed by atoms with E-state index < -0.39 is 5.97 Å². The van der Waals surface area contributed by atoms with Gasteiger partial charge in [0.1, 0.15) is 5.69 Å². The van der Waals surface area contributed by atoms with Gasteiger partial charge in [0.05, 0.1) is 5.52 Å². The van der Waals surface area contributed by atoms with Gasteiger partial charge in [-0.2, -0.15) is 0 Å². The molecule has 2 aromatic rings. The van der Waals surface area contributed by atoms with E-state index in [1.54, 1.807) is 12.1 Å². The molecular formula is C16H20ClN3O2. The van der Waals surface area contributed by atoms with Crippen LogP contribution in [0.25, 0.3) is 10.9 Å². The van der Waals surface area contributed by atoms with Crippen LogP contribution in [-0.4, -0.2) is 65.2 Å². The van der Waals surface area contributed by atoms with Crippen molar-refractivity contribution in [1.82, 2.24) is 14.4 Å². The molecule has 0 aliphatic carbocycles. The molecule has 22 heavy (non-hydrogen) atoms. The molecule has 1 N–H and O–H groups in total.